The number of nitrogens with zero attached hydrogens (tertiary/aromatic N) is 5. The van der Waals surface area contributed by atoms with Crippen molar-refractivity contribution < 1.29 is 31.5 Å². The Balaban J connectivity index is 1.54. The number of rotatable bonds is 5. The van der Waals surface area contributed by atoms with Crippen molar-refractivity contribution in [1.29, 1.82) is 0 Å². The fraction of sp³-hybridized carbons (Fsp3) is 0.250. The monoisotopic (exact) mass is 552 g/mol. The first kappa shape index (κ1) is 25.6. The Morgan fingerprint density at radius 2 is 1.82 bits per heavy atom. The molecule has 1 aliphatic heterocycles. The van der Waals surface area contributed by atoms with E-state index in [0.29, 0.717) is 31.6 Å². The lowest BCUT2D eigenvalue weighted by Gasteiger charge is -2.32. The van der Waals surface area contributed by atoms with Crippen LogP contribution in [0.1, 0.15) is 18.9 Å². The van der Waals surface area contributed by atoms with Crippen molar-refractivity contribution in [1.82, 2.24) is 24.6 Å². The van der Waals surface area contributed by atoms with E-state index >= 15 is 4.39 Å². The van der Waals surface area contributed by atoms with Crippen LogP contribution in [0.25, 0.3) is 22.3 Å². The number of piperidine rings is 1. The molecular formula is C24H18ClF5N6O2. The molecule has 2 aromatic carbocycles. The molecule has 2 aromatic heterocycles. The molecule has 2 N–H and O–H groups in total. The minimum atomic E-state index is -1.77. The topological polar surface area (TPSA) is 99.2 Å². The van der Waals surface area contributed by atoms with Crippen LogP contribution in [-0.2, 0) is 4.79 Å². The van der Waals surface area contributed by atoms with Gasteiger partial charge in [0.05, 0.1) is 11.4 Å². The Morgan fingerprint density at radius 3 is 2.50 bits per heavy atom. The van der Waals surface area contributed by atoms with Gasteiger partial charge in [-0.05, 0) is 25.0 Å². The van der Waals surface area contributed by atoms with Crippen molar-refractivity contribution in [2.24, 2.45) is 0 Å². The largest absolute Gasteiger partial charge is 0.451 e. The van der Waals surface area contributed by atoms with Crippen LogP contribution in [0, 0.1) is 29.1 Å². The summed E-state index contributed by atoms with van der Waals surface area (Å²) in [6, 6.07) is 2.86. The normalized spacial score (nSPS) is 15.7. The summed E-state index contributed by atoms with van der Waals surface area (Å²) in [5.41, 5.74) is 6.42. The van der Waals surface area contributed by atoms with Gasteiger partial charge < -0.3 is 15.4 Å². The Hall–Kier alpha value is -4.00. The fourth-order valence-electron chi connectivity index (χ4n) is 4.41. The number of aromatic nitrogens is 4. The molecule has 198 valence electrons. The third-order valence-corrected chi connectivity index (χ3v) is 6.44. The van der Waals surface area contributed by atoms with E-state index in [4.69, 9.17) is 22.1 Å². The molecule has 38 heavy (non-hydrogen) atoms. The van der Waals surface area contributed by atoms with Gasteiger partial charge in [0.25, 0.3) is 0 Å². The average molecular weight is 553 g/mol. The number of carbonyl (C=O) groups excluding carboxylic acids is 1. The van der Waals surface area contributed by atoms with Crippen molar-refractivity contribution in [2.75, 3.05) is 24.7 Å². The third-order valence-electron chi connectivity index (χ3n) is 6.21. The van der Waals surface area contributed by atoms with Crippen molar-refractivity contribution in [3.8, 4) is 22.8 Å². The number of nitrogens with two attached hydrogens (primary N) is 1. The van der Waals surface area contributed by atoms with Crippen LogP contribution in [0.3, 0.4) is 0 Å². The van der Waals surface area contributed by atoms with E-state index in [0.717, 1.165) is 12.1 Å². The van der Waals surface area contributed by atoms with Crippen molar-refractivity contribution in [3.05, 3.63) is 59.7 Å². The first-order valence-corrected chi connectivity index (χ1v) is 11.9. The number of alkyl halides is 1. The second-order valence-corrected chi connectivity index (χ2v) is 8.83. The van der Waals surface area contributed by atoms with Gasteiger partial charge in [0.1, 0.15) is 35.3 Å². The van der Waals surface area contributed by atoms with E-state index in [1.54, 1.807) is 9.58 Å². The second kappa shape index (κ2) is 10.0. The zero-order chi connectivity index (χ0) is 27.1. The molecule has 1 saturated heterocycles. The van der Waals surface area contributed by atoms with Gasteiger partial charge in [0.2, 0.25) is 23.3 Å². The van der Waals surface area contributed by atoms with Crippen LogP contribution in [0.4, 0.5) is 27.8 Å². The molecule has 8 nitrogen and oxygen atoms in total. The number of ether oxygens (including phenoxy) is 1. The average Bonchev–Trinajstić information content (AvgIpc) is 3.30. The third kappa shape index (κ3) is 4.46. The van der Waals surface area contributed by atoms with Gasteiger partial charge in [0.15, 0.2) is 17.3 Å². The van der Waals surface area contributed by atoms with Gasteiger partial charge in [0, 0.05) is 30.8 Å². The fourth-order valence-corrected chi connectivity index (χ4v) is 4.58. The summed E-state index contributed by atoms with van der Waals surface area (Å²) in [6.07, 6.45) is 2.57. The van der Waals surface area contributed by atoms with Gasteiger partial charge in [-0.25, -0.2) is 27.8 Å². The minimum absolute atomic E-state index is 0.0276. The van der Waals surface area contributed by atoms with Crippen LogP contribution in [0.5, 0.6) is 11.5 Å². The molecule has 0 unspecified atom stereocenters. The molecular weight excluding hydrogens is 535 g/mol. The molecule has 0 spiro atoms. The second-order valence-electron chi connectivity index (χ2n) is 8.56. The maximum atomic E-state index is 15.3. The highest BCUT2D eigenvalue weighted by atomic mass is 35.5. The quantitative estimate of drug-likeness (QED) is 0.213. The SMILES string of the molecule is Nc1ncnc2c1c(-c1ccc(Oc3c(F)c(F)cc(F)c3F)cc1F)nn2[C@@H]1CCCN(C(=O)CCl)C1. The number of carbonyl (C=O) groups is 1. The van der Waals surface area contributed by atoms with Crippen LogP contribution >= 0.6 is 11.6 Å². The highest BCUT2D eigenvalue weighted by Crippen LogP contribution is 2.37. The number of nitrogen functional groups attached to an aromatic ring is 1. The van der Waals surface area contributed by atoms with Crippen LogP contribution < -0.4 is 10.5 Å². The Labute approximate surface area is 216 Å². The van der Waals surface area contributed by atoms with Crippen LogP contribution in [0.2, 0.25) is 0 Å². The van der Waals surface area contributed by atoms with Crippen molar-refractivity contribution >= 4 is 34.4 Å². The van der Waals surface area contributed by atoms with E-state index in [9.17, 15) is 22.4 Å². The summed E-state index contributed by atoms with van der Waals surface area (Å²) < 4.78 is 76.8. The highest BCUT2D eigenvalue weighted by molar-refractivity contribution is 6.27. The summed E-state index contributed by atoms with van der Waals surface area (Å²) in [4.78, 5) is 22.0. The number of halogens is 6. The molecule has 5 rings (SSSR count). The molecule has 0 saturated carbocycles. The first-order valence-electron chi connectivity index (χ1n) is 11.3. The zero-order valence-corrected chi connectivity index (χ0v) is 20.2. The van der Waals surface area contributed by atoms with E-state index in [1.165, 1.54) is 12.4 Å². The van der Waals surface area contributed by atoms with Gasteiger partial charge in [-0.3, -0.25) is 4.79 Å². The molecule has 1 amide bonds. The summed E-state index contributed by atoms with van der Waals surface area (Å²) in [5.74, 6) is -9.94. The highest BCUT2D eigenvalue weighted by Gasteiger charge is 2.29. The van der Waals surface area contributed by atoms with Crippen molar-refractivity contribution in [2.45, 2.75) is 18.9 Å². The predicted octanol–water partition coefficient (Wildman–Crippen LogP) is 4.97. The Morgan fingerprint density at radius 1 is 1.08 bits per heavy atom. The number of hydrogen-bond acceptors (Lipinski definition) is 6. The van der Waals surface area contributed by atoms with E-state index in [-0.39, 0.29) is 46.4 Å². The van der Waals surface area contributed by atoms with E-state index < -0.39 is 40.6 Å². The standard InChI is InChI=1S/C24H18ClF5N6O2/c25-8-17(37)35-5-1-2-11(9-35)36-24-18(23(31)32-10-33-24)21(34-36)13-4-3-12(6-14(13)26)38-22-19(29)15(27)7-16(28)20(22)30/h3-4,6-7,10-11H,1-2,5,8-9H2,(H2,31,32,33)/t11-/m1/s1. The maximum Gasteiger partial charge on any atom is 0.237 e. The number of fused-ring (bicyclic) bond motifs is 1. The lowest BCUT2D eigenvalue weighted by molar-refractivity contribution is -0.130. The van der Waals surface area contributed by atoms with Crippen LogP contribution in [0.15, 0.2) is 30.6 Å². The number of anilines is 1. The molecule has 1 aliphatic rings. The molecule has 4 aromatic rings. The molecule has 0 bridgehead atoms. The zero-order valence-electron chi connectivity index (χ0n) is 19.4. The Bertz CT molecular complexity index is 1540. The maximum absolute atomic E-state index is 15.3. The van der Waals surface area contributed by atoms with Crippen LogP contribution in [-0.4, -0.2) is 49.5 Å². The number of likely N-dealkylation sites (tertiary alicyclic amines) is 1. The molecule has 0 aliphatic carbocycles. The molecule has 14 heteroatoms. The van der Waals surface area contributed by atoms with Gasteiger partial charge in [-0.1, -0.05) is 0 Å². The number of amides is 1. The summed E-state index contributed by atoms with van der Waals surface area (Å²) in [7, 11) is 0. The molecule has 1 fully saturated rings. The smallest absolute Gasteiger partial charge is 0.237 e. The summed E-state index contributed by atoms with van der Waals surface area (Å²) >= 11 is 5.71. The molecule has 1 atom stereocenters. The Kier molecular flexibility index (Phi) is 6.78. The predicted molar refractivity (Wildman–Crippen MR) is 127 cm³/mol. The van der Waals surface area contributed by atoms with E-state index in [2.05, 4.69) is 15.1 Å². The van der Waals surface area contributed by atoms with Gasteiger partial charge in [-0.15, -0.1) is 11.6 Å². The molecule has 3 heterocycles. The first-order chi connectivity index (χ1) is 18.2. The number of hydrogen-bond donors (Lipinski definition) is 1. The van der Waals surface area contributed by atoms with Crippen molar-refractivity contribution in [3.63, 3.8) is 0 Å². The van der Waals surface area contributed by atoms with E-state index in [1.807, 2.05) is 0 Å². The summed E-state index contributed by atoms with van der Waals surface area (Å²) in [5, 5.41) is 4.81. The van der Waals surface area contributed by atoms with Gasteiger partial charge >= 0.3 is 0 Å². The minimum Gasteiger partial charge on any atom is -0.451 e. The molecule has 0 radical (unpaired) electrons. The van der Waals surface area contributed by atoms with Gasteiger partial charge in [-0.2, -0.15) is 13.9 Å². The lowest BCUT2D eigenvalue weighted by atomic mass is 10.1. The lowest BCUT2D eigenvalue weighted by Crippen LogP contribution is -2.41. The number of benzene rings is 2. The summed E-state index contributed by atoms with van der Waals surface area (Å²) in [6.45, 7) is 0.847.